The number of hydrogen-bond acceptors (Lipinski definition) is 3. The average molecular weight is 269 g/mol. The Morgan fingerprint density at radius 2 is 2.11 bits per heavy atom. The number of nitrogens with zero attached hydrogens (tertiary/aromatic N) is 2. The molecule has 0 radical (unpaired) electrons. The Balaban J connectivity index is 2.07. The summed E-state index contributed by atoms with van der Waals surface area (Å²) in [7, 11) is 0. The van der Waals surface area contributed by atoms with Crippen molar-refractivity contribution >= 4 is 11.6 Å². The molecular formula is C14H21ClN2O. The third-order valence-electron chi connectivity index (χ3n) is 4.01. The smallest absolute Gasteiger partial charge is 0.0759 e. The van der Waals surface area contributed by atoms with Gasteiger partial charge in [-0.1, -0.05) is 11.6 Å². The van der Waals surface area contributed by atoms with E-state index in [0.717, 1.165) is 18.7 Å². The van der Waals surface area contributed by atoms with E-state index in [1.807, 2.05) is 6.07 Å². The number of halogens is 1. The van der Waals surface area contributed by atoms with Crippen molar-refractivity contribution in [2.75, 3.05) is 13.1 Å². The van der Waals surface area contributed by atoms with Crippen LogP contribution in [-0.4, -0.2) is 39.7 Å². The third kappa shape index (κ3) is 2.85. The highest BCUT2D eigenvalue weighted by atomic mass is 35.5. The first-order chi connectivity index (χ1) is 8.51. The Hall–Kier alpha value is -0.640. The normalized spacial score (nSPS) is 19.1. The second kappa shape index (κ2) is 5.55. The minimum atomic E-state index is -0.421. The van der Waals surface area contributed by atoms with Gasteiger partial charge < -0.3 is 5.11 Å². The summed E-state index contributed by atoms with van der Waals surface area (Å²) in [6.45, 7) is 6.37. The number of aliphatic hydroxyl groups is 1. The molecule has 3 nitrogen and oxygen atoms in total. The zero-order chi connectivity index (χ0) is 13.2. The maximum Gasteiger partial charge on any atom is 0.0759 e. The lowest BCUT2D eigenvalue weighted by Crippen LogP contribution is -2.51. The first kappa shape index (κ1) is 13.8. The van der Waals surface area contributed by atoms with Crippen LogP contribution < -0.4 is 0 Å². The van der Waals surface area contributed by atoms with Gasteiger partial charge in [-0.2, -0.15) is 0 Å². The summed E-state index contributed by atoms with van der Waals surface area (Å²) in [4.78, 5) is 6.34. The van der Waals surface area contributed by atoms with Crippen molar-refractivity contribution in [2.24, 2.45) is 0 Å². The molecular weight excluding hydrogens is 248 g/mol. The van der Waals surface area contributed by atoms with Crippen LogP contribution in [0.5, 0.6) is 0 Å². The van der Waals surface area contributed by atoms with Crippen molar-refractivity contribution in [3.8, 4) is 0 Å². The number of pyridine rings is 1. The first-order valence-corrected chi connectivity index (χ1v) is 6.91. The van der Waals surface area contributed by atoms with E-state index in [2.05, 4.69) is 23.7 Å². The molecule has 0 bridgehead atoms. The van der Waals surface area contributed by atoms with Crippen molar-refractivity contribution in [1.82, 2.24) is 9.88 Å². The molecule has 100 valence electrons. The SMILES string of the molecule is CC(C)(C(O)Cc1ccncc1Cl)N1CCCC1. The summed E-state index contributed by atoms with van der Waals surface area (Å²) in [5.74, 6) is 0. The van der Waals surface area contributed by atoms with Gasteiger partial charge in [0.05, 0.1) is 11.1 Å². The van der Waals surface area contributed by atoms with Crippen LogP contribution in [-0.2, 0) is 6.42 Å². The second-order valence-electron chi connectivity index (χ2n) is 5.53. The van der Waals surface area contributed by atoms with Gasteiger partial charge in [0.1, 0.15) is 0 Å². The number of hydrogen-bond donors (Lipinski definition) is 1. The van der Waals surface area contributed by atoms with E-state index >= 15 is 0 Å². The van der Waals surface area contributed by atoms with Gasteiger partial charge in [0, 0.05) is 24.4 Å². The fraction of sp³-hybridized carbons (Fsp3) is 0.643. The molecule has 0 spiro atoms. The number of likely N-dealkylation sites (tertiary alicyclic amines) is 1. The summed E-state index contributed by atoms with van der Waals surface area (Å²) >= 11 is 6.09. The molecule has 1 fully saturated rings. The fourth-order valence-electron chi connectivity index (χ4n) is 2.53. The van der Waals surface area contributed by atoms with Gasteiger partial charge in [0.2, 0.25) is 0 Å². The molecule has 2 rings (SSSR count). The van der Waals surface area contributed by atoms with Gasteiger partial charge in [0.25, 0.3) is 0 Å². The van der Waals surface area contributed by atoms with Crippen molar-refractivity contribution in [1.29, 1.82) is 0 Å². The fourth-order valence-corrected chi connectivity index (χ4v) is 2.73. The largest absolute Gasteiger partial charge is 0.391 e. The highest BCUT2D eigenvalue weighted by Crippen LogP contribution is 2.27. The topological polar surface area (TPSA) is 36.4 Å². The Labute approximate surface area is 114 Å². The van der Waals surface area contributed by atoms with Gasteiger partial charge in [0.15, 0.2) is 0 Å². The zero-order valence-electron chi connectivity index (χ0n) is 11.1. The summed E-state index contributed by atoms with van der Waals surface area (Å²) in [5.41, 5.74) is 0.759. The number of rotatable bonds is 4. The molecule has 1 saturated heterocycles. The van der Waals surface area contributed by atoms with Crippen molar-refractivity contribution < 1.29 is 5.11 Å². The molecule has 1 aliphatic heterocycles. The molecule has 1 aromatic heterocycles. The van der Waals surface area contributed by atoms with Gasteiger partial charge in [-0.3, -0.25) is 9.88 Å². The van der Waals surface area contributed by atoms with Gasteiger partial charge in [-0.25, -0.2) is 0 Å². The molecule has 1 aromatic rings. The predicted molar refractivity (Wildman–Crippen MR) is 73.8 cm³/mol. The van der Waals surface area contributed by atoms with Crippen LogP contribution in [0, 0.1) is 0 Å². The lowest BCUT2D eigenvalue weighted by molar-refractivity contribution is 0.00337. The second-order valence-corrected chi connectivity index (χ2v) is 5.94. The summed E-state index contributed by atoms with van der Waals surface area (Å²) in [6.07, 6.45) is 5.96. The minimum absolute atomic E-state index is 0.205. The monoisotopic (exact) mass is 268 g/mol. The average Bonchev–Trinajstić information content (AvgIpc) is 2.86. The molecule has 0 aliphatic carbocycles. The molecule has 1 aliphatic rings. The van der Waals surface area contributed by atoms with Crippen LogP contribution in [0.25, 0.3) is 0 Å². The van der Waals surface area contributed by atoms with Crippen molar-refractivity contribution in [2.45, 2.75) is 44.8 Å². The Morgan fingerprint density at radius 1 is 1.44 bits per heavy atom. The maximum atomic E-state index is 10.5. The molecule has 2 heterocycles. The van der Waals surface area contributed by atoms with Gasteiger partial charge in [-0.05, 0) is 51.4 Å². The molecule has 18 heavy (non-hydrogen) atoms. The quantitative estimate of drug-likeness (QED) is 0.912. The van der Waals surface area contributed by atoms with Gasteiger partial charge >= 0.3 is 0 Å². The summed E-state index contributed by atoms with van der Waals surface area (Å²) in [6, 6.07) is 1.88. The number of aromatic nitrogens is 1. The number of aliphatic hydroxyl groups excluding tert-OH is 1. The molecule has 0 saturated carbocycles. The third-order valence-corrected chi connectivity index (χ3v) is 4.35. The Morgan fingerprint density at radius 3 is 2.72 bits per heavy atom. The van der Waals surface area contributed by atoms with Crippen LogP contribution in [0.3, 0.4) is 0 Å². The molecule has 0 aromatic carbocycles. The van der Waals surface area contributed by atoms with E-state index in [9.17, 15) is 5.11 Å². The minimum Gasteiger partial charge on any atom is -0.391 e. The zero-order valence-corrected chi connectivity index (χ0v) is 11.8. The summed E-state index contributed by atoms with van der Waals surface area (Å²) < 4.78 is 0. The van der Waals surface area contributed by atoms with Crippen LogP contribution >= 0.6 is 11.6 Å². The van der Waals surface area contributed by atoms with Crippen LogP contribution in [0.4, 0.5) is 0 Å². The van der Waals surface area contributed by atoms with Crippen LogP contribution in [0.15, 0.2) is 18.5 Å². The molecule has 0 amide bonds. The lowest BCUT2D eigenvalue weighted by Gasteiger charge is -2.39. The molecule has 1 N–H and O–H groups in total. The Bertz CT molecular complexity index is 403. The van der Waals surface area contributed by atoms with E-state index in [1.54, 1.807) is 12.4 Å². The van der Waals surface area contributed by atoms with E-state index in [4.69, 9.17) is 11.6 Å². The van der Waals surface area contributed by atoms with Crippen molar-refractivity contribution in [3.63, 3.8) is 0 Å². The highest BCUT2D eigenvalue weighted by molar-refractivity contribution is 6.31. The highest BCUT2D eigenvalue weighted by Gasteiger charge is 2.35. The Kier molecular flexibility index (Phi) is 4.25. The molecule has 1 unspecified atom stereocenters. The first-order valence-electron chi connectivity index (χ1n) is 6.53. The van der Waals surface area contributed by atoms with E-state index in [1.165, 1.54) is 12.8 Å². The van der Waals surface area contributed by atoms with Crippen LogP contribution in [0.2, 0.25) is 5.02 Å². The predicted octanol–water partition coefficient (Wildman–Crippen LogP) is 2.51. The lowest BCUT2D eigenvalue weighted by atomic mass is 9.90. The van der Waals surface area contributed by atoms with Crippen LogP contribution in [0.1, 0.15) is 32.3 Å². The standard InChI is InChI=1S/C14H21ClN2O/c1-14(2,17-7-3-4-8-17)13(18)9-11-5-6-16-10-12(11)15/h5-6,10,13,18H,3-4,7-9H2,1-2H3. The van der Waals surface area contributed by atoms with Crippen molar-refractivity contribution in [3.05, 3.63) is 29.0 Å². The summed E-state index contributed by atoms with van der Waals surface area (Å²) in [5, 5.41) is 11.1. The maximum absolute atomic E-state index is 10.5. The molecule has 1 atom stereocenters. The van der Waals surface area contributed by atoms with E-state index in [-0.39, 0.29) is 5.54 Å². The van der Waals surface area contributed by atoms with E-state index in [0.29, 0.717) is 11.4 Å². The van der Waals surface area contributed by atoms with E-state index < -0.39 is 6.10 Å². The van der Waals surface area contributed by atoms with Gasteiger partial charge in [-0.15, -0.1) is 0 Å². The molecule has 4 heteroatoms.